The van der Waals surface area contributed by atoms with Crippen molar-refractivity contribution >= 4 is 11.9 Å². The van der Waals surface area contributed by atoms with Crippen molar-refractivity contribution in [3.05, 3.63) is 0 Å². The fourth-order valence-corrected chi connectivity index (χ4v) is 1.73. The molecule has 3 atom stereocenters. The number of ether oxygens (including phenoxy) is 3. The summed E-state index contributed by atoms with van der Waals surface area (Å²) in [5.74, 6) is -3.11. The van der Waals surface area contributed by atoms with Crippen LogP contribution in [0.5, 0.6) is 0 Å². The molecule has 19 heavy (non-hydrogen) atoms. The Hall–Kier alpha value is -1.31. The first kappa shape index (κ1) is 15.7. The lowest BCUT2D eigenvalue weighted by atomic mass is 9.95. The van der Waals surface area contributed by atoms with Crippen LogP contribution < -0.4 is 0 Å². The molecule has 1 heterocycles. The molecule has 1 aliphatic heterocycles. The van der Waals surface area contributed by atoms with Crippen LogP contribution in [-0.2, 0) is 23.8 Å². The topological polar surface area (TPSA) is 61.8 Å². The minimum absolute atomic E-state index is 0.0398. The average molecular weight is 284 g/mol. The monoisotopic (exact) mass is 284 g/mol. The standard InChI is InChI=1S/C11H15F3O5/c1-6-5-18-7(4-9(15)17-2)3-8(6)19-10(16)11(12,13)14/h6-8H,3-5H2,1-2H3/t6-,7-,8-/m1/s1. The van der Waals surface area contributed by atoms with Crippen LogP contribution in [0.25, 0.3) is 0 Å². The summed E-state index contributed by atoms with van der Waals surface area (Å²) in [5.41, 5.74) is 0. The van der Waals surface area contributed by atoms with Crippen molar-refractivity contribution in [2.45, 2.75) is 38.1 Å². The highest BCUT2D eigenvalue weighted by molar-refractivity contribution is 5.75. The number of hydrogen-bond acceptors (Lipinski definition) is 5. The number of carbonyl (C=O) groups is 2. The Morgan fingerprint density at radius 3 is 2.53 bits per heavy atom. The molecule has 0 spiro atoms. The molecule has 0 aromatic carbocycles. The summed E-state index contributed by atoms with van der Waals surface area (Å²) in [5, 5.41) is 0. The van der Waals surface area contributed by atoms with Gasteiger partial charge in [0.25, 0.3) is 0 Å². The first-order valence-corrected chi connectivity index (χ1v) is 5.70. The Morgan fingerprint density at radius 1 is 1.37 bits per heavy atom. The van der Waals surface area contributed by atoms with E-state index in [0.717, 1.165) is 0 Å². The number of methoxy groups -OCH3 is 1. The fourth-order valence-electron chi connectivity index (χ4n) is 1.73. The highest BCUT2D eigenvalue weighted by atomic mass is 19.4. The maximum absolute atomic E-state index is 12.1. The van der Waals surface area contributed by atoms with Crippen molar-refractivity contribution in [2.75, 3.05) is 13.7 Å². The summed E-state index contributed by atoms with van der Waals surface area (Å²) in [6.07, 6.45) is -6.58. The molecule has 0 aromatic heterocycles. The van der Waals surface area contributed by atoms with E-state index in [1.807, 2.05) is 0 Å². The highest BCUT2D eigenvalue weighted by Gasteiger charge is 2.44. The Morgan fingerprint density at radius 2 is 2.00 bits per heavy atom. The smallest absolute Gasteiger partial charge is 0.469 e. The Bertz CT molecular complexity index is 342. The van der Waals surface area contributed by atoms with E-state index in [1.54, 1.807) is 6.92 Å². The summed E-state index contributed by atoms with van der Waals surface area (Å²) in [4.78, 5) is 21.8. The van der Waals surface area contributed by atoms with Crippen LogP contribution in [0, 0.1) is 5.92 Å². The molecule has 0 saturated carbocycles. The minimum atomic E-state index is -5.02. The molecule has 0 N–H and O–H groups in total. The molecule has 0 amide bonds. The largest absolute Gasteiger partial charge is 0.490 e. The Kier molecular flexibility index (Phi) is 5.16. The molecule has 1 fully saturated rings. The van der Waals surface area contributed by atoms with Crippen molar-refractivity contribution in [2.24, 2.45) is 5.92 Å². The second-order valence-corrected chi connectivity index (χ2v) is 4.39. The van der Waals surface area contributed by atoms with Gasteiger partial charge < -0.3 is 14.2 Å². The normalized spacial score (nSPS) is 27.7. The van der Waals surface area contributed by atoms with E-state index in [-0.39, 0.29) is 25.4 Å². The van der Waals surface area contributed by atoms with E-state index in [1.165, 1.54) is 7.11 Å². The van der Waals surface area contributed by atoms with Crippen LogP contribution in [0.1, 0.15) is 19.8 Å². The minimum Gasteiger partial charge on any atom is -0.469 e. The van der Waals surface area contributed by atoms with Crippen LogP contribution in [-0.4, -0.2) is 44.0 Å². The van der Waals surface area contributed by atoms with E-state index < -0.39 is 30.3 Å². The molecular formula is C11H15F3O5. The van der Waals surface area contributed by atoms with E-state index >= 15 is 0 Å². The lowest BCUT2D eigenvalue weighted by molar-refractivity contribution is -0.213. The molecule has 110 valence electrons. The fraction of sp³-hybridized carbons (Fsp3) is 0.818. The molecule has 1 aliphatic rings. The quantitative estimate of drug-likeness (QED) is 0.734. The molecule has 5 nitrogen and oxygen atoms in total. The zero-order chi connectivity index (χ0) is 14.6. The van der Waals surface area contributed by atoms with Crippen molar-refractivity contribution in [1.29, 1.82) is 0 Å². The van der Waals surface area contributed by atoms with Gasteiger partial charge in [0.05, 0.1) is 26.2 Å². The summed E-state index contributed by atoms with van der Waals surface area (Å²) >= 11 is 0. The second-order valence-electron chi connectivity index (χ2n) is 4.39. The summed E-state index contributed by atoms with van der Waals surface area (Å²) < 4.78 is 50.5. The lowest BCUT2D eigenvalue weighted by Crippen LogP contribution is -2.42. The van der Waals surface area contributed by atoms with Gasteiger partial charge in [0, 0.05) is 12.3 Å². The number of rotatable bonds is 3. The van der Waals surface area contributed by atoms with Crippen molar-refractivity contribution < 1.29 is 37.0 Å². The molecule has 0 unspecified atom stereocenters. The first-order chi connectivity index (χ1) is 8.74. The molecule has 0 radical (unpaired) electrons. The third kappa shape index (κ3) is 4.70. The third-order valence-electron chi connectivity index (χ3n) is 2.84. The summed E-state index contributed by atoms with van der Waals surface area (Å²) in [6, 6.07) is 0. The number of esters is 2. The van der Waals surface area contributed by atoms with Crippen molar-refractivity contribution in [3.8, 4) is 0 Å². The molecule has 0 aromatic rings. The second kappa shape index (κ2) is 6.23. The van der Waals surface area contributed by atoms with Crippen LogP contribution in [0.2, 0.25) is 0 Å². The van der Waals surface area contributed by atoms with Crippen LogP contribution in [0.15, 0.2) is 0 Å². The summed E-state index contributed by atoms with van der Waals surface area (Å²) in [6.45, 7) is 1.74. The van der Waals surface area contributed by atoms with Crippen molar-refractivity contribution in [3.63, 3.8) is 0 Å². The van der Waals surface area contributed by atoms with E-state index in [4.69, 9.17) is 4.74 Å². The SMILES string of the molecule is COC(=O)C[C@H]1C[C@@H](OC(=O)C(F)(F)F)[C@H](C)CO1. The molecular weight excluding hydrogens is 269 g/mol. The van der Waals surface area contributed by atoms with Gasteiger partial charge in [-0.1, -0.05) is 6.92 Å². The van der Waals surface area contributed by atoms with Gasteiger partial charge in [-0.3, -0.25) is 4.79 Å². The van der Waals surface area contributed by atoms with Gasteiger partial charge in [-0.05, 0) is 0 Å². The maximum Gasteiger partial charge on any atom is 0.490 e. The predicted octanol–water partition coefficient (Wildman–Crippen LogP) is 1.45. The molecule has 8 heteroatoms. The van der Waals surface area contributed by atoms with Crippen LogP contribution in [0.3, 0.4) is 0 Å². The number of hydrogen-bond donors (Lipinski definition) is 0. The van der Waals surface area contributed by atoms with E-state index in [9.17, 15) is 22.8 Å². The Balaban J connectivity index is 2.56. The van der Waals surface area contributed by atoms with Gasteiger partial charge >= 0.3 is 18.1 Å². The number of halogens is 3. The van der Waals surface area contributed by atoms with E-state index in [2.05, 4.69) is 9.47 Å². The molecule has 1 rings (SSSR count). The highest BCUT2D eigenvalue weighted by Crippen LogP contribution is 2.27. The van der Waals surface area contributed by atoms with Gasteiger partial charge in [-0.2, -0.15) is 13.2 Å². The molecule has 0 bridgehead atoms. The van der Waals surface area contributed by atoms with Crippen molar-refractivity contribution in [1.82, 2.24) is 0 Å². The predicted molar refractivity (Wildman–Crippen MR) is 56.1 cm³/mol. The van der Waals surface area contributed by atoms with Crippen LogP contribution in [0.4, 0.5) is 13.2 Å². The molecule has 1 saturated heterocycles. The van der Waals surface area contributed by atoms with Crippen LogP contribution >= 0.6 is 0 Å². The third-order valence-corrected chi connectivity index (χ3v) is 2.84. The maximum atomic E-state index is 12.1. The Labute approximate surface area is 108 Å². The van der Waals surface area contributed by atoms with Gasteiger partial charge in [-0.25, -0.2) is 4.79 Å². The molecule has 0 aliphatic carbocycles. The van der Waals surface area contributed by atoms with Gasteiger partial charge in [-0.15, -0.1) is 0 Å². The number of alkyl halides is 3. The first-order valence-electron chi connectivity index (χ1n) is 5.70. The number of carbonyl (C=O) groups excluding carboxylic acids is 2. The summed E-state index contributed by atoms with van der Waals surface area (Å²) in [7, 11) is 1.20. The van der Waals surface area contributed by atoms with Gasteiger partial charge in [0.2, 0.25) is 0 Å². The van der Waals surface area contributed by atoms with Gasteiger partial charge in [0.1, 0.15) is 6.10 Å². The zero-order valence-electron chi connectivity index (χ0n) is 10.5. The average Bonchev–Trinajstić information content (AvgIpc) is 2.32. The van der Waals surface area contributed by atoms with E-state index in [0.29, 0.717) is 0 Å². The van der Waals surface area contributed by atoms with Gasteiger partial charge in [0.15, 0.2) is 0 Å². The zero-order valence-corrected chi connectivity index (χ0v) is 10.5. The lowest BCUT2D eigenvalue weighted by Gasteiger charge is -2.33.